The Morgan fingerprint density at radius 1 is 1.33 bits per heavy atom. The first-order chi connectivity index (χ1) is 10.1. The lowest BCUT2D eigenvalue weighted by Crippen LogP contribution is -2.29. The molecule has 0 saturated carbocycles. The van der Waals surface area contributed by atoms with E-state index < -0.39 is 0 Å². The summed E-state index contributed by atoms with van der Waals surface area (Å²) in [6.07, 6.45) is 2.77. The second-order valence-electron chi connectivity index (χ2n) is 5.12. The fraction of sp³-hybridized carbons (Fsp3) is 0.471. The number of rotatable bonds is 9. The van der Waals surface area contributed by atoms with Crippen LogP contribution in [0.3, 0.4) is 0 Å². The summed E-state index contributed by atoms with van der Waals surface area (Å²) >= 11 is 0. The maximum atomic E-state index is 11.5. The highest BCUT2D eigenvalue weighted by molar-refractivity contribution is 5.77. The summed E-state index contributed by atoms with van der Waals surface area (Å²) in [5.41, 5.74) is 3.35. The van der Waals surface area contributed by atoms with Gasteiger partial charge in [-0.05, 0) is 43.5 Å². The monoisotopic (exact) mass is 290 g/mol. The van der Waals surface area contributed by atoms with Crippen molar-refractivity contribution in [2.75, 3.05) is 19.7 Å². The van der Waals surface area contributed by atoms with Crippen molar-refractivity contribution >= 4 is 5.91 Å². The fourth-order valence-electron chi connectivity index (χ4n) is 2.15. The van der Waals surface area contributed by atoms with Gasteiger partial charge in [-0.25, -0.2) is 0 Å². The van der Waals surface area contributed by atoms with Crippen molar-refractivity contribution in [2.45, 2.75) is 33.7 Å². The largest absolute Gasteiger partial charge is 0.483 e. The Kier molecular flexibility index (Phi) is 7.54. The van der Waals surface area contributed by atoms with Crippen molar-refractivity contribution in [3.8, 4) is 5.75 Å². The summed E-state index contributed by atoms with van der Waals surface area (Å²) in [5.74, 6) is 0.658. The van der Waals surface area contributed by atoms with E-state index in [1.54, 1.807) is 6.08 Å². The predicted octanol–water partition coefficient (Wildman–Crippen LogP) is 2.48. The number of carbonyl (C=O) groups excluding carboxylic acids is 1. The van der Waals surface area contributed by atoms with Gasteiger partial charge in [0.15, 0.2) is 6.61 Å². The number of ether oxygens (including phenoxy) is 1. The molecule has 0 aliphatic carbocycles. The highest BCUT2D eigenvalue weighted by Crippen LogP contribution is 2.24. The Morgan fingerprint density at radius 2 is 2.00 bits per heavy atom. The summed E-state index contributed by atoms with van der Waals surface area (Å²) in [4.78, 5) is 11.5. The quantitative estimate of drug-likeness (QED) is 0.542. The van der Waals surface area contributed by atoms with Crippen LogP contribution in [0.1, 0.15) is 30.0 Å². The first kappa shape index (κ1) is 17.2. The third kappa shape index (κ3) is 6.00. The molecule has 2 N–H and O–H groups in total. The lowest BCUT2D eigenvalue weighted by molar-refractivity contribution is -0.122. The van der Waals surface area contributed by atoms with Crippen molar-refractivity contribution in [3.63, 3.8) is 0 Å². The van der Waals surface area contributed by atoms with Crippen LogP contribution in [-0.4, -0.2) is 25.6 Å². The SMILES string of the molecule is C=CCNC(=O)COc1c(C)cc(CNCCC)cc1C. The molecule has 0 aliphatic rings. The van der Waals surface area contributed by atoms with Gasteiger partial charge < -0.3 is 15.4 Å². The minimum atomic E-state index is -0.137. The van der Waals surface area contributed by atoms with E-state index in [-0.39, 0.29) is 12.5 Å². The van der Waals surface area contributed by atoms with Crippen LogP contribution in [-0.2, 0) is 11.3 Å². The minimum absolute atomic E-state index is 0.0307. The van der Waals surface area contributed by atoms with Crippen LogP contribution >= 0.6 is 0 Å². The second kappa shape index (κ2) is 9.19. The number of aryl methyl sites for hydroxylation is 2. The summed E-state index contributed by atoms with van der Waals surface area (Å²) in [6, 6.07) is 4.21. The molecule has 4 nitrogen and oxygen atoms in total. The van der Waals surface area contributed by atoms with Crippen LogP contribution in [0.5, 0.6) is 5.75 Å². The lowest BCUT2D eigenvalue weighted by Gasteiger charge is -2.14. The Hall–Kier alpha value is -1.81. The van der Waals surface area contributed by atoms with E-state index in [0.717, 1.165) is 36.4 Å². The minimum Gasteiger partial charge on any atom is -0.483 e. The zero-order chi connectivity index (χ0) is 15.7. The molecule has 1 amide bonds. The zero-order valence-corrected chi connectivity index (χ0v) is 13.3. The van der Waals surface area contributed by atoms with Crippen molar-refractivity contribution in [1.82, 2.24) is 10.6 Å². The van der Waals surface area contributed by atoms with Gasteiger partial charge in [-0.3, -0.25) is 4.79 Å². The van der Waals surface area contributed by atoms with Crippen LogP contribution in [0.15, 0.2) is 24.8 Å². The van der Waals surface area contributed by atoms with Crippen molar-refractivity contribution < 1.29 is 9.53 Å². The van der Waals surface area contributed by atoms with Crippen molar-refractivity contribution in [1.29, 1.82) is 0 Å². The summed E-state index contributed by atoms with van der Waals surface area (Å²) in [7, 11) is 0. The molecule has 0 fully saturated rings. The molecule has 1 aromatic carbocycles. The molecule has 0 aliphatic heterocycles. The van der Waals surface area contributed by atoms with Gasteiger partial charge in [-0.15, -0.1) is 6.58 Å². The Labute approximate surface area is 127 Å². The highest BCUT2D eigenvalue weighted by Gasteiger charge is 2.08. The van der Waals surface area contributed by atoms with Crippen LogP contribution in [0.25, 0.3) is 0 Å². The third-order valence-corrected chi connectivity index (χ3v) is 3.07. The summed E-state index contributed by atoms with van der Waals surface area (Å²) in [6.45, 7) is 12.1. The predicted molar refractivity (Wildman–Crippen MR) is 86.6 cm³/mol. The first-order valence-electron chi connectivity index (χ1n) is 7.39. The molecule has 0 saturated heterocycles. The molecule has 4 heteroatoms. The van der Waals surface area contributed by atoms with E-state index in [9.17, 15) is 4.79 Å². The smallest absolute Gasteiger partial charge is 0.258 e. The van der Waals surface area contributed by atoms with Crippen LogP contribution in [0, 0.1) is 13.8 Å². The number of carbonyl (C=O) groups is 1. The fourth-order valence-corrected chi connectivity index (χ4v) is 2.15. The molecule has 0 spiro atoms. The maximum Gasteiger partial charge on any atom is 0.258 e. The van der Waals surface area contributed by atoms with Crippen molar-refractivity contribution in [2.24, 2.45) is 0 Å². The number of benzene rings is 1. The Morgan fingerprint density at radius 3 is 2.57 bits per heavy atom. The van der Waals surface area contributed by atoms with Gasteiger partial charge in [0.2, 0.25) is 0 Å². The van der Waals surface area contributed by atoms with Gasteiger partial charge in [-0.2, -0.15) is 0 Å². The van der Waals surface area contributed by atoms with E-state index in [1.165, 1.54) is 5.56 Å². The van der Waals surface area contributed by atoms with Gasteiger partial charge in [0.25, 0.3) is 5.91 Å². The third-order valence-electron chi connectivity index (χ3n) is 3.07. The second-order valence-corrected chi connectivity index (χ2v) is 5.12. The van der Waals surface area contributed by atoms with E-state index in [0.29, 0.717) is 6.54 Å². The molecule has 0 heterocycles. The molecule has 116 valence electrons. The van der Waals surface area contributed by atoms with Gasteiger partial charge in [0, 0.05) is 13.1 Å². The van der Waals surface area contributed by atoms with Gasteiger partial charge in [-0.1, -0.05) is 25.1 Å². The van der Waals surface area contributed by atoms with Gasteiger partial charge in [0.1, 0.15) is 5.75 Å². The molecule has 1 rings (SSSR count). The Balaban J connectivity index is 2.62. The Bertz CT molecular complexity index is 461. The first-order valence-corrected chi connectivity index (χ1v) is 7.39. The number of nitrogens with one attached hydrogen (secondary N) is 2. The molecule has 0 aromatic heterocycles. The normalized spacial score (nSPS) is 10.2. The maximum absolute atomic E-state index is 11.5. The van der Waals surface area contributed by atoms with Crippen LogP contribution in [0.2, 0.25) is 0 Å². The average molecular weight is 290 g/mol. The highest BCUT2D eigenvalue weighted by atomic mass is 16.5. The lowest BCUT2D eigenvalue weighted by atomic mass is 10.1. The van der Waals surface area contributed by atoms with Crippen molar-refractivity contribution in [3.05, 3.63) is 41.5 Å². The molecule has 0 radical (unpaired) electrons. The summed E-state index contributed by atoms with van der Waals surface area (Å²) < 4.78 is 5.64. The zero-order valence-electron chi connectivity index (χ0n) is 13.3. The van der Waals surface area contributed by atoms with E-state index in [4.69, 9.17) is 4.74 Å². The number of amides is 1. The van der Waals surface area contributed by atoms with E-state index in [2.05, 4.69) is 36.3 Å². The van der Waals surface area contributed by atoms with Gasteiger partial charge >= 0.3 is 0 Å². The summed E-state index contributed by atoms with van der Waals surface area (Å²) in [5, 5.41) is 6.08. The average Bonchev–Trinajstić information content (AvgIpc) is 2.44. The molecule has 0 bridgehead atoms. The molecule has 1 aromatic rings. The van der Waals surface area contributed by atoms with Crippen LogP contribution < -0.4 is 15.4 Å². The molecular formula is C17H26N2O2. The molecule has 21 heavy (non-hydrogen) atoms. The molecule has 0 unspecified atom stereocenters. The number of hydrogen-bond donors (Lipinski definition) is 2. The van der Waals surface area contributed by atoms with E-state index >= 15 is 0 Å². The number of hydrogen-bond acceptors (Lipinski definition) is 3. The van der Waals surface area contributed by atoms with Gasteiger partial charge in [0.05, 0.1) is 0 Å². The molecule has 0 atom stereocenters. The molecular weight excluding hydrogens is 264 g/mol. The van der Waals surface area contributed by atoms with Crippen LogP contribution in [0.4, 0.5) is 0 Å². The standard InChI is InChI=1S/C17H26N2O2/c1-5-7-18-11-15-9-13(3)17(14(4)10-15)21-12-16(20)19-8-6-2/h6,9-10,18H,2,5,7-8,11-12H2,1,3-4H3,(H,19,20). The topological polar surface area (TPSA) is 50.4 Å². The van der Waals surface area contributed by atoms with E-state index in [1.807, 2.05) is 13.8 Å².